The van der Waals surface area contributed by atoms with Crippen molar-refractivity contribution in [2.75, 3.05) is 17.6 Å². The van der Waals surface area contributed by atoms with Gasteiger partial charge >= 0.3 is 0 Å². The lowest BCUT2D eigenvalue weighted by molar-refractivity contribution is -0.118. The molecule has 0 spiro atoms. The molecule has 2 unspecified atom stereocenters. The topological polar surface area (TPSA) is 58.4 Å². The average molecular weight is 296 g/mol. The Morgan fingerprint density at radius 2 is 2.25 bits per heavy atom. The van der Waals surface area contributed by atoms with Crippen LogP contribution in [0.3, 0.4) is 0 Å². The second kappa shape index (κ2) is 6.46. The Morgan fingerprint density at radius 1 is 1.50 bits per heavy atom. The van der Waals surface area contributed by atoms with Gasteiger partial charge in [0.2, 0.25) is 5.91 Å². The molecule has 5 heteroatoms. The molecule has 1 aliphatic rings. The fourth-order valence-electron chi connectivity index (χ4n) is 2.84. The Kier molecular flexibility index (Phi) is 4.89. The van der Waals surface area contributed by atoms with E-state index in [1.165, 1.54) is 6.42 Å². The van der Waals surface area contributed by atoms with Gasteiger partial charge in [0.25, 0.3) is 0 Å². The van der Waals surface area contributed by atoms with Crippen LogP contribution in [-0.2, 0) is 4.79 Å². The molecule has 1 amide bonds. The summed E-state index contributed by atoms with van der Waals surface area (Å²) in [6.07, 6.45) is 3.41. The summed E-state index contributed by atoms with van der Waals surface area (Å²) < 4.78 is 0. The Hall–Kier alpha value is -1.26. The lowest BCUT2D eigenvalue weighted by Crippen LogP contribution is -2.40. The van der Waals surface area contributed by atoms with Crippen molar-refractivity contribution in [2.45, 2.75) is 45.2 Å². The Balaban J connectivity index is 2.00. The van der Waals surface area contributed by atoms with Gasteiger partial charge in [-0.15, -0.1) is 0 Å². The molecule has 110 valence electrons. The van der Waals surface area contributed by atoms with Crippen LogP contribution in [0.2, 0.25) is 5.02 Å². The molecule has 1 aromatic rings. The smallest absolute Gasteiger partial charge is 0.238 e. The van der Waals surface area contributed by atoms with E-state index in [4.69, 9.17) is 17.3 Å². The van der Waals surface area contributed by atoms with Crippen LogP contribution in [0, 0.1) is 0 Å². The molecule has 1 heterocycles. The van der Waals surface area contributed by atoms with Crippen LogP contribution < -0.4 is 11.1 Å². The molecule has 0 radical (unpaired) electrons. The summed E-state index contributed by atoms with van der Waals surface area (Å²) in [5.74, 6) is -0.0360. The van der Waals surface area contributed by atoms with Crippen molar-refractivity contribution < 1.29 is 4.79 Å². The van der Waals surface area contributed by atoms with Crippen LogP contribution in [0.25, 0.3) is 0 Å². The van der Waals surface area contributed by atoms with Crippen LogP contribution in [0.4, 0.5) is 11.4 Å². The zero-order valence-electron chi connectivity index (χ0n) is 12.0. The van der Waals surface area contributed by atoms with Gasteiger partial charge in [-0.2, -0.15) is 0 Å². The van der Waals surface area contributed by atoms with E-state index in [2.05, 4.69) is 24.1 Å². The van der Waals surface area contributed by atoms with Gasteiger partial charge in [0.15, 0.2) is 0 Å². The quantitative estimate of drug-likeness (QED) is 0.839. The number of nitrogens with two attached hydrogens (primary N) is 1. The molecule has 1 fully saturated rings. The fourth-order valence-corrected chi connectivity index (χ4v) is 3.01. The minimum absolute atomic E-state index is 0.0360. The van der Waals surface area contributed by atoms with Crippen molar-refractivity contribution in [1.29, 1.82) is 0 Å². The van der Waals surface area contributed by atoms with Crippen molar-refractivity contribution in [3.63, 3.8) is 0 Å². The third-order valence-corrected chi connectivity index (χ3v) is 4.27. The number of nitrogen functional groups attached to an aromatic ring is 1. The number of carbonyl (C=O) groups is 1. The molecule has 3 N–H and O–H groups in total. The van der Waals surface area contributed by atoms with E-state index in [0.29, 0.717) is 35.0 Å². The Bertz CT molecular complexity index is 492. The van der Waals surface area contributed by atoms with Gasteiger partial charge in [-0.05, 0) is 44.4 Å². The summed E-state index contributed by atoms with van der Waals surface area (Å²) in [4.78, 5) is 14.5. The summed E-state index contributed by atoms with van der Waals surface area (Å²) >= 11 is 5.92. The van der Waals surface area contributed by atoms with Crippen molar-refractivity contribution in [3.05, 3.63) is 23.2 Å². The first kappa shape index (κ1) is 15.1. The highest BCUT2D eigenvalue weighted by Crippen LogP contribution is 2.26. The van der Waals surface area contributed by atoms with Gasteiger partial charge in [0, 0.05) is 17.1 Å². The number of carbonyl (C=O) groups excluding carboxylic acids is 1. The molecule has 0 aliphatic carbocycles. The molecule has 0 bridgehead atoms. The first-order valence-electron chi connectivity index (χ1n) is 7.12. The molecule has 1 aliphatic heterocycles. The molecule has 2 rings (SSSR count). The molecule has 4 nitrogen and oxygen atoms in total. The largest absolute Gasteiger partial charge is 0.397 e. The molecule has 1 aromatic carbocycles. The van der Waals surface area contributed by atoms with Gasteiger partial charge in [-0.1, -0.05) is 18.5 Å². The number of likely N-dealkylation sites (tertiary alicyclic amines) is 1. The van der Waals surface area contributed by atoms with Crippen LogP contribution in [-0.4, -0.2) is 29.4 Å². The van der Waals surface area contributed by atoms with Gasteiger partial charge in [-0.25, -0.2) is 0 Å². The second-order valence-corrected chi connectivity index (χ2v) is 5.88. The molecule has 20 heavy (non-hydrogen) atoms. The van der Waals surface area contributed by atoms with Crippen molar-refractivity contribution in [2.24, 2.45) is 0 Å². The van der Waals surface area contributed by atoms with Crippen molar-refractivity contribution in [1.82, 2.24) is 4.90 Å². The SMILES string of the molecule is CCC1CCC(C)N1CC(=O)Nc1cc(Cl)ccc1N. The maximum Gasteiger partial charge on any atom is 0.238 e. The Labute approximate surface area is 125 Å². The maximum absolute atomic E-state index is 12.2. The highest BCUT2D eigenvalue weighted by atomic mass is 35.5. The predicted molar refractivity (Wildman–Crippen MR) is 84.0 cm³/mol. The number of rotatable bonds is 4. The number of anilines is 2. The first-order valence-corrected chi connectivity index (χ1v) is 7.49. The molecular weight excluding hydrogens is 274 g/mol. The molecule has 0 aromatic heterocycles. The van der Waals surface area contributed by atoms with Gasteiger partial charge < -0.3 is 11.1 Å². The van der Waals surface area contributed by atoms with Crippen molar-refractivity contribution in [3.8, 4) is 0 Å². The number of halogens is 1. The van der Waals surface area contributed by atoms with E-state index in [9.17, 15) is 4.79 Å². The molecule has 1 saturated heterocycles. The minimum atomic E-state index is -0.0360. The number of nitrogens with zero attached hydrogens (tertiary/aromatic N) is 1. The van der Waals surface area contributed by atoms with Gasteiger partial charge in [0.05, 0.1) is 17.9 Å². The monoisotopic (exact) mass is 295 g/mol. The number of nitrogens with one attached hydrogen (secondary N) is 1. The van der Waals surface area contributed by atoms with Crippen LogP contribution in [0.15, 0.2) is 18.2 Å². The predicted octanol–water partition coefficient (Wildman–Crippen LogP) is 3.12. The maximum atomic E-state index is 12.2. The lowest BCUT2D eigenvalue weighted by atomic mass is 10.1. The van der Waals surface area contributed by atoms with E-state index in [0.717, 1.165) is 12.8 Å². The van der Waals surface area contributed by atoms with Crippen molar-refractivity contribution >= 4 is 28.9 Å². The standard InChI is InChI=1S/C15H22ClN3O/c1-3-12-6-4-10(2)19(12)9-15(20)18-14-8-11(16)5-7-13(14)17/h5,7-8,10,12H,3-4,6,9,17H2,1-2H3,(H,18,20). The minimum Gasteiger partial charge on any atom is -0.397 e. The average Bonchev–Trinajstić information content (AvgIpc) is 2.75. The lowest BCUT2D eigenvalue weighted by Gasteiger charge is -2.27. The van der Waals surface area contributed by atoms with Gasteiger partial charge in [-0.3, -0.25) is 9.69 Å². The summed E-state index contributed by atoms with van der Waals surface area (Å²) in [6, 6.07) is 6.06. The third kappa shape index (κ3) is 3.44. The summed E-state index contributed by atoms with van der Waals surface area (Å²) in [5, 5.41) is 3.42. The number of amides is 1. The zero-order valence-corrected chi connectivity index (χ0v) is 12.8. The van der Waals surface area contributed by atoms with Gasteiger partial charge in [0.1, 0.15) is 0 Å². The summed E-state index contributed by atoms with van der Waals surface area (Å²) in [7, 11) is 0. The first-order chi connectivity index (χ1) is 9.51. The van der Waals surface area contributed by atoms with E-state index < -0.39 is 0 Å². The normalized spacial score (nSPS) is 22.9. The van der Waals surface area contributed by atoms with E-state index in [-0.39, 0.29) is 5.91 Å². The number of benzene rings is 1. The highest BCUT2D eigenvalue weighted by Gasteiger charge is 2.30. The zero-order chi connectivity index (χ0) is 14.7. The number of hydrogen-bond donors (Lipinski definition) is 2. The van der Waals surface area contributed by atoms with E-state index >= 15 is 0 Å². The van der Waals surface area contributed by atoms with Crippen LogP contribution >= 0.6 is 11.6 Å². The Morgan fingerprint density at radius 3 is 2.95 bits per heavy atom. The molecule has 2 atom stereocenters. The number of hydrogen-bond acceptors (Lipinski definition) is 3. The summed E-state index contributed by atoms with van der Waals surface area (Å²) in [5.41, 5.74) is 6.96. The van der Waals surface area contributed by atoms with E-state index in [1.807, 2.05) is 0 Å². The molecular formula is C15H22ClN3O. The van der Waals surface area contributed by atoms with E-state index in [1.54, 1.807) is 18.2 Å². The fraction of sp³-hybridized carbons (Fsp3) is 0.533. The second-order valence-electron chi connectivity index (χ2n) is 5.44. The summed E-state index contributed by atoms with van der Waals surface area (Å²) in [6.45, 7) is 4.75. The van der Waals surface area contributed by atoms with Crippen LogP contribution in [0.1, 0.15) is 33.1 Å². The molecule has 0 saturated carbocycles. The highest BCUT2D eigenvalue weighted by molar-refractivity contribution is 6.31. The van der Waals surface area contributed by atoms with Crippen LogP contribution in [0.5, 0.6) is 0 Å². The third-order valence-electron chi connectivity index (χ3n) is 4.04.